The van der Waals surface area contributed by atoms with Crippen LogP contribution in [0.15, 0.2) is 16.3 Å². The first-order chi connectivity index (χ1) is 10.1. The summed E-state index contributed by atoms with van der Waals surface area (Å²) in [5.41, 5.74) is 0. The highest BCUT2D eigenvalue weighted by atomic mass is 32.2. The van der Waals surface area contributed by atoms with Crippen molar-refractivity contribution >= 4 is 21.4 Å². The molecule has 0 radical (unpaired) electrons. The van der Waals surface area contributed by atoms with Crippen LogP contribution in [0.2, 0.25) is 0 Å². The van der Waals surface area contributed by atoms with E-state index in [4.69, 9.17) is 4.74 Å². The average Bonchev–Trinajstić information content (AvgIpc) is 2.96. The molecule has 2 heterocycles. The van der Waals surface area contributed by atoms with Crippen LogP contribution >= 0.6 is 11.3 Å². The Morgan fingerprint density at radius 2 is 2.10 bits per heavy atom. The van der Waals surface area contributed by atoms with Crippen molar-refractivity contribution in [2.45, 2.75) is 36.9 Å². The van der Waals surface area contributed by atoms with Gasteiger partial charge in [-0.3, -0.25) is 0 Å². The largest absolute Gasteiger partial charge is 0.381 e. The van der Waals surface area contributed by atoms with E-state index < -0.39 is 10.0 Å². The van der Waals surface area contributed by atoms with E-state index in [0.29, 0.717) is 16.7 Å². The van der Waals surface area contributed by atoms with Gasteiger partial charge in [-0.1, -0.05) is 6.92 Å². The number of sulfonamides is 1. The fraction of sp³-hybridized carbons (Fsp3) is 0.714. The highest BCUT2D eigenvalue weighted by Crippen LogP contribution is 2.22. The van der Waals surface area contributed by atoms with Gasteiger partial charge in [0, 0.05) is 31.2 Å². The van der Waals surface area contributed by atoms with E-state index >= 15 is 0 Å². The predicted molar refractivity (Wildman–Crippen MR) is 85.0 cm³/mol. The summed E-state index contributed by atoms with van der Waals surface area (Å²) >= 11 is 1.34. The molecule has 1 aliphatic rings. The lowest BCUT2D eigenvalue weighted by molar-refractivity contribution is 0.0678. The summed E-state index contributed by atoms with van der Waals surface area (Å²) < 4.78 is 33.0. The van der Waals surface area contributed by atoms with Crippen LogP contribution in [-0.4, -0.2) is 34.7 Å². The molecule has 0 amide bonds. The molecule has 1 aromatic heterocycles. The topological polar surface area (TPSA) is 67.4 Å². The van der Waals surface area contributed by atoms with Gasteiger partial charge in [0.1, 0.15) is 4.21 Å². The first-order valence-electron chi connectivity index (χ1n) is 7.48. The summed E-state index contributed by atoms with van der Waals surface area (Å²) in [5.74, 6) is 0.388. The SMILES string of the molecule is CCCNCc1ccc(S(=O)(=O)NCC2CCOCC2)s1. The molecule has 1 aromatic rings. The third kappa shape index (κ3) is 5.34. The highest BCUT2D eigenvalue weighted by molar-refractivity contribution is 7.91. The van der Waals surface area contributed by atoms with E-state index in [-0.39, 0.29) is 0 Å². The zero-order valence-electron chi connectivity index (χ0n) is 12.4. The maximum absolute atomic E-state index is 12.3. The molecule has 0 spiro atoms. The molecule has 0 saturated carbocycles. The molecule has 1 aliphatic heterocycles. The fourth-order valence-corrected chi connectivity index (χ4v) is 4.72. The van der Waals surface area contributed by atoms with Gasteiger partial charge in [-0.25, -0.2) is 13.1 Å². The molecular weight excluding hydrogens is 308 g/mol. The fourth-order valence-electron chi connectivity index (χ4n) is 2.24. The van der Waals surface area contributed by atoms with Crippen LogP contribution in [0.25, 0.3) is 0 Å². The van der Waals surface area contributed by atoms with Crippen LogP contribution in [0.4, 0.5) is 0 Å². The Bertz CT molecular complexity index is 522. The van der Waals surface area contributed by atoms with Crippen molar-refractivity contribution in [2.75, 3.05) is 26.3 Å². The molecule has 0 unspecified atom stereocenters. The molecule has 1 fully saturated rings. The van der Waals surface area contributed by atoms with Crippen LogP contribution in [0.5, 0.6) is 0 Å². The Hall–Kier alpha value is -0.470. The number of nitrogens with one attached hydrogen (secondary N) is 2. The Labute approximate surface area is 131 Å². The molecule has 2 rings (SSSR count). The van der Waals surface area contributed by atoms with Crippen molar-refractivity contribution < 1.29 is 13.2 Å². The Morgan fingerprint density at radius 1 is 1.33 bits per heavy atom. The summed E-state index contributed by atoms with van der Waals surface area (Å²) in [5, 5.41) is 3.28. The van der Waals surface area contributed by atoms with E-state index in [2.05, 4.69) is 17.0 Å². The number of rotatable bonds is 8. The zero-order valence-corrected chi connectivity index (χ0v) is 14.1. The van der Waals surface area contributed by atoms with E-state index in [1.165, 1.54) is 11.3 Å². The third-order valence-electron chi connectivity index (χ3n) is 3.53. The van der Waals surface area contributed by atoms with E-state index in [0.717, 1.165) is 50.4 Å². The van der Waals surface area contributed by atoms with Gasteiger partial charge in [0.15, 0.2) is 0 Å². The maximum atomic E-state index is 12.3. The Kier molecular flexibility index (Phi) is 6.63. The summed E-state index contributed by atoms with van der Waals surface area (Å²) in [4.78, 5) is 1.05. The van der Waals surface area contributed by atoms with Crippen molar-refractivity contribution in [3.63, 3.8) is 0 Å². The van der Waals surface area contributed by atoms with Gasteiger partial charge in [0.05, 0.1) is 0 Å². The van der Waals surface area contributed by atoms with Crippen LogP contribution in [-0.2, 0) is 21.3 Å². The lowest BCUT2D eigenvalue weighted by Crippen LogP contribution is -2.31. The van der Waals surface area contributed by atoms with Gasteiger partial charge in [-0.2, -0.15) is 0 Å². The highest BCUT2D eigenvalue weighted by Gasteiger charge is 2.20. The van der Waals surface area contributed by atoms with Crippen molar-refractivity contribution in [1.82, 2.24) is 10.0 Å². The van der Waals surface area contributed by atoms with Gasteiger partial charge < -0.3 is 10.1 Å². The lowest BCUT2D eigenvalue weighted by atomic mass is 10.0. The van der Waals surface area contributed by atoms with Crippen LogP contribution in [0.1, 0.15) is 31.1 Å². The minimum atomic E-state index is -3.37. The Balaban J connectivity index is 1.86. The van der Waals surface area contributed by atoms with Crippen molar-refractivity contribution in [3.05, 3.63) is 17.0 Å². The molecule has 0 aromatic carbocycles. The molecule has 21 heavy (non-hydrogen) atoms. The van der Waals surface area contributed by atoms with Crippen LogP contribution in [0, 0.1) is 5.92 Å². The second-order valence-corrected chi connectivity index (χ2v) is 8.47. The molecule has 2 N–H and O–H groups in total. The van der Waals surface area contributed by atoms with Gasteiger partial charge in [-0.15, -0.1) is 11.3 Å². The van der Waals surface area contributed by atoms with E-state index in [1.807, 2.05) is 6.07 Å². The molecule has 0 atom stereocenters. The normalized spacial score (nSPS) is 17.2. The van der Waals surface area contributed by atoms with Crippen molar-refractivity contribution in [3.8, 4) is 0 Å². The number of hydrogen-bond acceptors (Lipinski definition) is 5. The predicted octanol–water partition coefficient (Wildman–Crippen LogP) is 1.95. The second-order valence-electron chi connectivity index (χ2n) is 5.31. The minimum absolute atomic E-state index is 0.388. The summed E-state index contributed by atoms with van der Waals surface area (Å²) in [6, 6.07) is 3.58. The molecule has 5 nitrogen and oxygen atoms in total. The van der Waals surface area contributed by atoms with E-state index in [1.54, 1.807) is 6.07 Å². The number of hydrogen-bond donors (Lipinski definition) is 2. The summed E-state index contributed by atoms with van der Waals surface area (Å²) in [6.07, 6.45) is 2.93. The first-order valence-corrected chi connectivity index (χ1v) is 9.78. The van der Waals surface area contributed by atoms with Gasteiger partial charge >= 0.3 is 0 Å². The lowest BCUT2D eigenvalue weighted by Gasteiger charge is -2.21. The molecule has 0 bridgehead atoms. The van der Waals surface area contributed by atoms with Gasteiger partial charge in [0.25, 0.3) is 0 Å². The van der Waals surface area contributed by atoms with E-state index in [9.17, 15) is 8.42 Å². The number of ether oxygens (including phenoxy) is 1. The summed E-state index contributed by atoms with van der Waals surface area (Å²) in [7, 11) is -3.37. The van der Waals surface area contributed by atoms with Crippen molar-refractivity contribution in [1.29, 1.82) is 0 Å². The first kappa shape index (κ1) is 16.9. The Morgan fingerprint density at radius 3 is 2.81 bits per heavy atom. The average molecular weight is 332 g/mol. The third-order valence-corrected chi connectivity index (χ3v) is 6.53. The maximum Gasteiger partial charge on any atom is 0.250 e. The zero-order chi connectivity index (χ0) is 15.1. The monoisotopic (exact) mass is 332 g/mol. The quantitative estimate of drug-likeness (QED) is 0.714. The molecule has 120 valence electrons. The number of thiophene rings is 1. The summed E-state index contributed by atoms with van der Waals surface area (Å²) in [6.45, 7) is 5.76. The molecular formula is C14H24N2O3S2. The van der Waals surface area contributed by atoms with Crippen LogP contribution in [0.3, 0.4) is 0 Å². The molecule has 0 aliphatic carbocycles. The molecule has 1 saturated heterocycles. The second kappa shape index (κ2) is 8.24. The van der Waals surface area contributed by atoms with Gasteiger partial charge in [-0.05, 0) is 43.9 Å². The molecule has 7 heteroatoms. The smallest absolute Gasteiger partial charge is 0.250 e. The standard InChI is InChI=1S/C14H24N2O3S2/c1-2-7-15-11-13-3-4-14(20-13)21(17,18)16-10-12-5-8-19-9-6-12/h3-4,12,15-16H,2,5-11H2,1H3. The minimum Gasteiger partial charge on any atom is -0.381 e. The van der Waals surface area contributed by atoms with Gasteiger partial charge in [0.2, 0.25) is 10.0 Å². The van der Waals surface area contributed by atoms with Crippen LogP contribution < -0.4 is 10.0 Å². The van der Waals surface area contributed by atoms with Crippen molar-refractivity contribution in [2.24, 2.45) is 5.92 Å².